The Morgan fingerprint density at radius 3 is 1.52 bits per heavy atom. The van der Waals surface area contributed by atoms with Crippen LogP contribution in [0.3, 0.4) is 0 Å². The lowest BCUT2D eigenvalue weighted by Crippen LogP contribution is -2.66. The van der Waals surface area contributed by atoms with Crippen LogP contribution in [0.25, 0.3) is 0 Å². The van der Waals surface area contributed by atoms with Crippen molar-refractivity contribution in [3.8, 4) is 0 Å². The molecule has 4 aromatic rings. The average Bonchev–Trinajstić information content (AvgIpc) is 3.42. The van der Waals surface area contributed by atoms with Gasteiger partial charge in [-0.05, 0) is 41.4 Å². The van der Waals surface area contributed by atoms with Crippen molar-refractivity contribution in [2.24, 2.45) is 0 Å². The van der Waals surface area contributed by atoms with Crippen LogP contribution in [0.5, 0.6) is 0 Å². The smallest absolute Gasteiger partial charge is 0.261 e. The predicted molar refractivity (Wildman–Crippen MR) is 135 cm³/mol. The highest BCUT2D eigenvalue weighted by Crippen LogP contribution is 2.37. The first-order valence-electron chi connectivity index (χ1n) is 11.2. The second-order valence-electron chi connectivity index (χ2n) is 9.11. The molecule has 2 aromatic carbocycles. The maximum atomic E-state index is 8.55. The van der Waals surface area contributed by atoms with Crippen molar-refractivity contribution < 1.29 is 18.4 Å². The number of hydrogen-bond donors (Lipinski definition) is 1. The van der Waals surface area contributed by atoms with Gasteiger partial charge in [0.2, 0.25) is 0 Å². The van der Waals surface area contributed by atoms with E-state index in [-0.39, 0.29) is 11.6 Å². The highest BCUT2D eigenvalue weighted by Gasteiger charge is 2.50. The molecule has 2 aromatic heterocycles. The van der Waals surface area contributed by atoms with Gasteiger partial charge in [0.1, 0.15) is 11.5 Å². The first-order valence-corrected chi connectivity index (χ1v) is 13.1. The third-order valence-electron chi connectivity index (χ3n) is 5.96. The Balaban J connectivity index is 0.000000323. The molecule has 2 heterocycles. The van der Waals surface area contributed by atoms with Gasteiger partial charge in [0.25, 0.3) is 8.32 Å². The zero-order chi connectivity index (χ0) is 23.9. The molecule has 0 aliphatic rings. The number of benzene rings is 2. The Morgan fingerprint density at radius 1 is 0.727 bits per heavy atom. The number of rotatable bonds is 6. The zero-order valence-electron chi connectivity index (χ0n) is 20.2. The Morgan fingerprint density at radius 2 is 1.18 bits per heavy atom. The van der Waals surface area contributed by atoms with E-state index in [1.165, 1.54) is 10.4 Å². The topological polar surface area (TPSA) is 55.7 Å². The van der Waals surface area contributed by atoms with Crippen molar-refractivity contribution in [1.29, 1.82) is 0 Å². The summed E-state index contributed by atoms with van der Waals surface area (Å²) in [6.07, 6.45) is 3.31. The molecule has 0 aliphatic carbocycles. The number of hydrogen-bond acceptors (Lipinski definition) is 4. The van der Waals surface area contributed by atoms with Crippen LogP contribution in [-0.2, 0) is 17.6 Å². The molecule has 4 rings (SSSR count). The van der Waals surface area contributed by atoms with Crippen LogP contribution in [0.1, 0.15) is 43.4 Å². The Hall–Kier alpha value is -2.86. The van der Waals surface area contributed by atoms with Crippen molar-refractivity contribution in [2.45, 2.75) is 52.9 Å². The quantitative estimate of drug-likeness (QED) is 0.371. The fourth-order valence-corrected chi connectivity index (χ4v) is 8.61. The van der Waals surface area contributed by atoms with Crippen LogP contribution in [-0.4, -0.2) is 13.4 Å². The van der Waals surface area contributed by atoms with Crippen LogP contribution in [0.2, 0.25) is 5.04 Å². The molecule has 4 nitrogen and oxygen atoms in total. The van der Waals surface area contributed by atoms with E-state index in [4.69, 9.17) is 18.4 Å². The highest BCUT2D eigenvalue weighted by atomic mass is 28.4. The summed E-state index contributed by atoms with van der Waals surface area (Å²) < 4.78 is 17.2. The molecule has 0 atom stereocenters. The predicted octanol–water partition coefficient (Wildman–Crippen LogP) is 5.74. The minimum atomic E-state index is -2.47. The molecule has 5 heteroatoms. The Bertz CT molecular complexity index is 1070. The van der Waals surface area contributed by atoms with E-state index in [1.807, 2.05) is 19.9 Å². The largest absolute Gasteiger partial charge is 0.469 e. The third kappa shape index (κ3) is 5.56. The van der Waals surface area contributed by atoms with Crippen molar-refractivity contribution in [3.05, 3.63) is 108 Å². The first-order chi connectivity index (χ1) is 15.8. The fraction of sp³-hybridized carbons (Fsp3) is 0.286. The molecule has 33 heavy (non-hydrogen) atoms. The van der Waals surface area contributed by atoms with Gasteiger partial charge in [0, 0.05) is 11.1 Å². The van der Waals surface area contributed by atoms with Gasteiger partial charge in [-0.25, -0.2) is 0 Å². The number of furan rings is 2. The van der Waals surface area contributed by atoms with Crippen LogP contribution in [0.4, 0.5) is 0 Å². The molecule has 0 aliphatic heterocycles. The Kier molecular flexibility index (Phi) is 8.14. The van der Waals surface area contributed by atoms with E-state index in [9.17, 15) is 0 Å². The summed E-state index contributed by atoms with van der Waals surface area (Å²) in [5, 5.41) is 11.1. The molecule has 0 saturated heterocycles. The second kappa shape index (κ2) is 10.8. The van der Waals surface area contributed by atoms with Gasteiger partial charge in [-0.2, -0.15) is 0 Å². The lowest BCUT2D eigenvalue weighted by molar-refractivity contribution is 0.279. The van der Waals surface area contributed by atoms with E-state index >= 15 is 0 Å². The summed E-state index contributed by atoms with van der Waals surface area (Å²) in [6, 6.07) is 25.2. The lowest BCUT2D eigenvalue weighted by atomic mass is 10.2. The van der Waals surface area contributed by atoms with E-state index in [0.29, 0.717) is 6.61 Å². The van der Waals surface area contributed by atoms with E-state index in [2.05, 4.69) is 81.4 Å². The first kappa shape index (κ1) is 24.8. The molecule has 0 fully saturated rings. The molecular formula is C28H34O4Si. The SMILES string of the molecule is Cc1occc1CO.Cc1occc1CO[Si](c1ccccc1)(c1ccccc1)C(C)(C)C. The van der Waals surface area contributed by atoms with Gasteiger partial charge in [0.15, 0.2) is 0 Å². The van der Waals surface area contributed by atoms with Crippen LogP contribution < -0.4 is 10.4 Å². The van der Waals surface area contributed by atoms with Crippen molar-refractivity contribution in [1.82, 2.24) is 0 Å². The van der Waals surface area contributed by atoms with Crippen molar-refractivity contribution in [2.75, 3.05) is 0 Å². The lowest BCUT2D eigenvalue weighted by Gasteiger charge is -2.43. The van der Waals surface area contributed by atoms with Gasteiger partial charge in [-0.3, -0.25) is 0 Å². The third-order valence-corrected chi connectivity index (χ3v) is 10.9. The molecule has 0 amide bonds. The van der Waals surface area contributed by atoms with Gasteiger partial charge < -0.3 is 18.4 Å². The second-order valence-corrected chi connectivity index (χ2v) is 13.4. The van der Waals surface area contributed by atoms with Gasteiger partial charge >= 0.3 is 0 Å². The van der Waals surface area contributed by atoms with Crippen molar-refractivity contribution >= 4 is 18.7 Å². The van der Waals surface area contributed by atoms with Gasteiger partial charge in [-0.1, -0.05) is 81.4 Å². The molecular weight excluding hydrogens is 428 g/mol. The molecule has 174 valence electrons. The maximum Gasteiger partial charge on any atom is 0.261 e. The normalized spacial score (nSPS) is 11.7. The van der Waals surface area contributed by atoms with E-state index in [0.717, 1.165) is 22.6 Å². The average molecular weight is 463 g/mol. The molecule has 0 bridgehead atoms. The number of aliphatic hydroxyl groups is 1. The minimum Gasteiger partial charge on any atom is -0.469 e. The fourth-order valence-electron chi connectivity index (χ4n) is 4.08. The van der Waals surface area contributed by atoms with Crippen molar-refractivity contribution in [3.63, 3.8) is 0 Å². The number of aryl methyl sites for hydroxylation is 2. The molecule has 0 saturated carbocycles. The summed E-state index contributed by atoms with van der Waals surface area (Å²) in [5.41, 5.74) is 1.98. The van der Waals surface area contributed by atoms with Crippen LogP contribution in [0.15, 0.2) is 94.2 Å². The van der Waals surface area contributed by atoms with Gasteiger partial charge in [-0.15, -0.1) is 0 Å². The Labute approximate surface area is 198 Å². The maximum absolute atomic E-state index is 8.55. The van der Waals surface area contributed by atoms with E-state index < -0.39 is 8.32 Å². The summed E-state index contributed by atoms with van der Waals surface area (Å²) in [4.78, 5) is 0. The summed E-state index contributed by atoms with van der Waals surface area (Å²) in [6.45, 7) is 11.3. The minimum absolute atomic E-state index is 0.00660. The van der Waals surface area contributed by atoms with Gasteiger partial charge in [0.05, 0.1) is 25.7 Å². The monoisotopic (exact) mass is 462 g/mol. The highest BCUT2D eigenvalue weighted by molar-refractivity contribution is 6.99. The van der Waals surface area contributed by atoms with Crippen LogP contribution in [0, 0.1) is 13.8 Å². The standard InChI is InChI=1S/C22H26O2Si.C6H8O2/c1-18-19(15-16-23-18)17-24-25(22(2,3)4,20-11-7-5-8-12-20)21-13-9-6-10-14-21;1-5-6(4-7)2-3-8-5/h5-16H,17H2,1-4H3;2-3,7H,4H2,1H3. The molecule has 1 N–H and O–H groups in total. The number of aliphatic hydroxyl groups excluding tert-OH is 1. The summed E-state index contributed by atoms with van der Waals surface area (Å²) in [5.74, 6) is 1.73. The molecule has 0 radical (unpaired) electrons. The summed E-state index contributed by atoms with van der Waals surface area (Å²) >= 11 is 0. The summed E-state index contributed by atoms with van der Waals surface area (Å²) in [7, 11) is -2.47. The molecule has 0 spiro atoms. The zero-order valence-corrected chi connectivity index (χ0v) is 21.2. The molecule has 0 unspecified atom stereocenters. The van der Waals surface area contributed by atoms with E-state index in [1.54, 1.807) is 18.6 Å². The van der Waals surface area contributed by atoms with Crippen LogP contribution >= 0.6 is 0 Å².